The maximum Gasteiger partial charge on any atom is 0.163 e. The van der Waals surface area contributed by atoms with Gasteiger partial charge in [0.05, 0.1) is 0 Å². The van der Waals surface area contributed by atoms with E-state index < -0.39 is 0 Å². The average Bonchev–Trinajstić information content (AvgIpc) is 2.61. The zero-order chi connectivity index (χ0) is 10.0. The van der Waals surface area contributed by atoms with E-state index in [1.165, 1.54) is 11.1 Å². The molecule has 1 heterocycles. The summed E-state index contributed by atoms with van der Waals surface area (Å²) in [5, 5.41) is 9.69. The molecule has 0 fully saturated rings. The third-order valence-corrected chi connectivity index (χ3v) is 2.64. The van der Waals surface area contributed by atoms with Crippen LogP contribution in [0.2, 0.25) is 0 Å². The van der Waals surface area contributed by atoms with Gasteiger partial charge in [0.25, 0.3) is 0 Å². The highest BCUT2D eigenvalue weighted by Gasteiger charge is 2.23. The third kappa shape index (κ3) is 1.41. The first-order valence-corrected chi connectivity index (χ1v) is 4.73. The first-order valence-electron chi connectivity index (χ1n) is 4.73. The average molecular weight is 189 g/mol. The Morgan fingerprint density at radius 1 is 1.14 bits per heavy atom. The standard InChI is InChI=1S/C11H15N3/c1-12-11(13-2)7-6-9-4-3-5-10(9)8-14-11/h3-8,12-14H,1-2H3. The summed E-state index contributed by atoms with van der Waals surface area (Å²) in [5.74, 6) is -0.341. The fourth-order valence-corrected chi connectivity index (χ4v) is 1.62. The van der Waals surface area contributed by atoms with Crippen molar-refractivity contribution < 1.29 is 0 Å². The predicted molar refractivity (Wildman–Crippen MR) is 58.4 cm³/mol. The molecule has 3 N–H and O–H groups in total. The molecule has 0 unspecified atom stereocenters. The summed E-state index contributed by atoms with van der Waals surface area (Å²) in [7, 11) is 3.83. The van der Waals surface area contributed by atoms with E-state index in [1.54, 1.807) is 0 Å². The maximum atomic E-state index is 3.30. The first-order chi connectivity index (χ1) is 6.79. The third-order valence-electron chi connectivity index (χ3n) is 2.64. The second-order valence-corrected chi connectivity index (χ2v) is 3.37. The molecule has 74 valence electrons. The van der Waals surface area contributed by atoms with Crippen LogP contribution in [0.4, 0.5) is 0 Å². The van der Waals surface area contributed by atoms with Crippen LogP contribution in [0.1, 0.15) is 0 Å². The number of likely N-dealkylation sites (N-methyl/N-ethyl adjacent to an activating group) is 2. The Hall–Kier alpha value is -1.32. The zero-order valence-corrected chi connectivity index (χ0v) is 8.46. The number of rotatable bonds is 2. The van der Waals surface area contributed by atoms with Crippen LogP contribution in [0.15, 0.2) is 47.7 Å². The Morgan fingerprint density at radius 3 is 2.64 bits per heavy atom. The molecule has 1 aliphatic heterocycles. The summed E-state index contributed by atoms with van der Waals surface area (Å²) in [6.45, 7) is 0. The lowest BCUT2D eigenvalue weighted by atomic mass is 10.1. The van der Waals surface area contributed by atoms with Crippen molar-refractivity contribution in [2.75, 3.05) is 14.1 Å². The minimum atomic E-state index is -0.341. The lowest BCUT2D eigenvalue weighted by Gasteiger charge is -2.29. The summed E-state index contributed by atoms with van der Waals surface area (Å²) in [6, 6.07) is 0. The van der Waals surface area contributed by atoms with Crippen molar-refractivity contribution in [3.63, 3.8) is 0 Å². The van der Waals surface area contributed by atoms with Crippen LogP contribution >= 0.6 is 0 Å². The van der Waals surface area contributed by atoms with Gasteiger partial charge >= 0.3 is 0 Å². The van der Waals surface area contributed by atoms with Crippen LogP contribution in [-0.4, -0.2) is 19.9 Å². The summed E-state index contributed by atoms with van der Waals surface area (Å²) >= 11 is 0. The Balaban J connectivity index is 2.32. The molecule has 0 spiro atoms. The first kappa shape index (κ1) is 9.24. The predicted octanol–water partition coefficient (Wildman–Crippen LogP) is 0.619. The molecule has 1 aliphatic carbocycles. The van der Waals surface area contributed by atoms with E-state index in [-0.39, 0.29) is 5.79 Å². The molecule has 0 aromatic heterocycles. The second-order valence-electron chi connectivity index (χ2n) is 3.37. The number of allylic oxidation sites excluding steroid dienone is 6. The Morgan fingerprint density at radius 2 is 1.93 bits per heavy atom. The van der Waals surface area contributed by atoms with Crippen LogP contribution in [-0.2, 0) is 0 Å². The maximum absolute atomic E-state index is 3.30. The van der Waals surface area contributed by atoms with Gasteiger partial charge in [0.1, 0.15) is 0 Å². The van der Waals surface area contributed by atoms with Gasteiger partial charge in [0.2, 0.25) is 0 Å². The Kier molecular flexibility index (Phi) is 2.27. The van der Waals surface area contributed by atoms with E-state index in [0.29, 0.717) is 0 Å². The van der Waals surface area contributed by atoms with Crippen molar-refractivity contribution in [1.82, 2.24) is 16.0 Å². The van der Waals surface area contributed by atoms with Crippen LogP contribution in [0.3, 0.4) is 0 Å². The molecule has 0 saturated carbocycles. The fourth-order valence-electron chi connectivity index (χ4n) is 1.62. The van der Waals surface area contributed by atoms with Crippen molar-refractivity contribution in [3.05, 3.63) is 47.7 Å². The van der Waals surface area contributed by atoms with Gasteiger partial charge in [-0.1, -0.05) is 24.3 Å². The van der Waals surface area contributed by atoms with Crippen LogP contribution in [0.5, 0.6) is 0 Å². The van der Waals surface area contributed by atoms with E-state index in [2.05, 4.69) is 46.3 Å². The smallest absolute Gasteiger partial charge is 0.163 e. The molecule has 0 atom stereocenters. The van der Waals surface area contributed by atoms with Gasteiger partial charge in [-0.25, -0.2) is 0 Å². The van der Waals surface area contributed by atoms with E-state index in [4.69, 9.17) is 0 Å². The molecular formula is C11H15N3. The zero-order valence-electron chi connectivity index (χ0n) is 8.46. The Labute approximate surface area is 84.3 Å². The topological polar surface area (TPSA) is 36.1 Å². The van der Waals surface area contributed by atoms with Crippen molar-refractivity contribution in [3.8, 4) is 0 Å². The molecular weight excluding hydrogens is 174 g/mol. The van der Waals surface area contributed by atoms with Gasteiger partial charge in [-0.2, -0.15) is 0 Å². The highest BCUT2D eigenvalue weighted by Crippen LogP contribution is 2.22. The molecule has 3 heteroatoms. The monoisotopic (exact) mass is 189 g/mol. The minimum Gasteiger partial charge on any atom is -0.357 e. The van der Waals surface area contributed by atoms with Gasteiger partial charge in [-0.05, 0) is 31.3 Å². The minimum absolute atomic E-state index is 0.341. The number of hydrogen-bond donors (Lipinski definition) is 3. The van der Waals surface area contributed by atoms with Gasteiger partial charge in [-0.15, -0.1) is 0 Å². The molecule has 2 rings (SSSR count). The fraction of sp³-hybridized carbons (Fsp3) is 0.273. The molecule has 3 nitrogen and oxygen atoms in total. The number of fused-ring (bicyclic) bond motifs is 1. The molecule has 2 aliphatic rings. The van der Waals surface area contributed by atoms with Crippen molar-refractivity contribution in [1.29, 1.82) is 0 Å². The van der Waals surface area contributed by atoms with E-state index >= 15 is 0 Å². The summed E-state index contributed by atoms with van der Waals surface area (Å²) < 4.78 is 0. The van der Waals surface area contributed by atoms with Crippen LogP contribution in [0.25, 0.3) is 0 Å². The summed E-state index contributed by atoms with van der Waals surface area (Å²) in [5.41, 5.74) is 2.46. The quantitative estimate of drug-likeness (QED) is 0.557. The van der Waals surface area contributed by atoms with E-state index in [1.807, 2.05) is 20.3 Å². The summed E-state index contributed by atoms with van der Waals surface area (Å²) in [6.07, 6.45) is 12.5. The lowest BCUT2D eigenvalue weighted by molar-refractivity contribution is 0.335. The Bertz CT molecular complexity index is 344. The van der Waals surface area contributed by atoms with Crippen LogP contribution < -0.4 is 16.0 Å². The molecule has 0 aromatic carbocycles. The van der Waals surface area contributed by atoms with Crippen molar-refractivity contribution in [2.45, 2.75) is 5.79 Å². The van der Waals surface area contributed by atoms with Crippen molar-refractivity contribution >= 4 is 0 Å². The van der Waals surface area contributed by atoms with Gasteiger partial charge in [0, 0.05) is 6.20 Å². The number of nitrogens with one attached hydrogen (secondary N) is 3. The van der Waals surface area contributed by atoms with Gasteiger partial charge in [0.15, 0.2) is 5.79 Å². The van der Waals surface area contributed by atoms with Crippen molar-refractivity contribution in [2.24, 2.45) is 0 Å². The number of hydrogen-bond acceptors (Lipinski definition) is 3. The summed E-state index contributed by atoms with van der Waals surface area (Å²) in [4.78, 5) is 0. The SMILES string of the molecule is CNC1(NC)C=CC2=CC=CC2=CN1. The van der Waals surface area contributed by atoms with E-state index in [9.17, 15) is 0 Å². The molecule has 0 saturated heterocycles. The largest absolute Gasteiger partial charge is 0.357 e. The second kappa shape index (κ2) is 3.44. The van der Waals surface area contributed by atoms with Crippen LogP contribution in [0, 0.1) is 0 Å². The normalized spacial score (nSPS) is 22.1. The lowest BCUT2D eigenvalue weighted by Crippen LogP contribution is -2.61. The van der Waals surface area contributed by atoms with Gasteiger partial charge in [-0.3, -0.25) is 10.6 Å². The molecule has 0 bridgehead atoms. The molecule has 0 radical (unpaired) electrons. The molecule has 14 heavy (non-hydrogen) atoms. The molecule has 0 amide bonds. The molecule has 0 aromatic rings. The van der Waals surface area contributed by atoms with Gasteiger partial charge < -0.3 is 5.32 Å². The highest BCUT2D eigenvalue weighted by atomic mass is 15.3. The van der Waals surface area contributed by atoms with E-state index in [0.717, 1.165) is 0 Å². The highest BCUT2D eigenvalue weighted by molar-refractivity contribution is 5.54.